The van der Waals surface area contributed by atoms with Crippen molar-refractivity contribution in [3.05, 3.63) is 91.9 Å². The van der Waals surface area contributed by atoms with Gasteiger partial charge in [-0.3, -0.25) is 4.79 Å². The molecule has 0 saturated carbocycles. The second-order valence-corrected chi connectivity index (χ2v) is 7.93. The standard InChI is InChI=1S/C22H14Cl4N2O4/c23-14-3-7-17(18(25)9-14)22(30)32-16-5-1-13(2-6-16)11-27-28-21(29)12-31-20-8-4-15(24)10-19(20)26/h1-11H,12H2,(H,28,29)/b27-11-. The molecular formula is C22H14Cl4N2O4. The first kappa shape index (κ1) is 23.9. The van der Waals surface area contributed by atoms with E-state index in [0.29, 0.717) is 32.1 Å². The molecule has 0 radical (unpaired) electrons. The second kappa shape index (κ2) is 11.2. The number of esters is 1. The molecule has 0 heterocycles. The molecule has 0 bridgehead atoms. The van der Waals surface area contributed by atoms with E-state index in [1.54, 1.807) is 42.5 Å². The number of carbonyl (C=O) groups excluding carboxylic acids is 2. The summed E-state index contributed by atoms with van der Waals surface area (Å²) in [6.45, 7) is -0.277. The Balaban J connectivity index is 1.49. The zero-order valence-electron chi connectivity index (χ0n) is 16.2. The maximum atomic E-state index is 12.2. The van der Waals surface area contributed by atoms with Crippen LogP contribution in [0.4, 0.5) is 0 Å². The van der Waals surface area contributed by atoms with Gasteiger partial charge in [0, 0.05) is 10.0 Å². The van der Waals surface area contributed by atoms with Crippen molar-refractivity contribution in [3.63, 3.8) is 0 Å². The zero-order valence-corrected chi connectivity index (χ0v) is 19.2. The van der Waals surface area contributed by atoms with Gasteiger partial charge in [-0.1, -0.05) is 46.4 Å². The minimum absolute atomic E-state index is 0.198. The number of hydrogen-bond acceptors (Lipinski definition) is 5. The quantitative estimate of drug-likeness (QED) is 0.181. The molecule has 1 N–H and O–H groups in total. The summed E-state index contributed by atoms with van der Waals surface area (Å²) in [5.41, 5.74) is 3.20. The van der Waals surface area contributed by atoms with Crippen LogP contribution < -0.4 is 14.9 Å². The molecule has 0 aliphatic heterocycles. The highest BCUT2D eigenvalue weighted by Gasteiger charge is 2.13. The maximum Gasteiger partial charge on any atom is 0.345 e. The average molecular weight is 512 g/mol. The van der Waals surface area contributed by atoms with Crippen LogP contribution in [0.1, 0.15) is 15.9 Å². The zero-order chi connectivity index (χ0) is 23.1. The highest BCUT2D eigenvalue weighted by atomic mass is 35.5. The van der Waals surface area contributed by atoms with Crippen LogP contribution in [0.3, 0.4) is 0 Å². The van der Waals surface area contributed by atoms with Crippen molar-refractivity contribution in [2.24, 2.45) is 5.10 Å². The molecule has 0 saturated heterocycles. The van der Waals surface area contributed by atoms with Crippen LogP contribution in [-0.2, 0) is 4.79 Å². The number of hydrogen-bond donors (Lipinski definition) is 1. The Morgan fingerprint density at radius 2 is 1.53 bits per heavy atom. The molecule has 32 heavy (non-hydrogen) atoms. The van der Waals surface area contributed by atoms with Gasteiger partial charge >= 0.3 is 5.97 Å². The largest absolute Gasteiger partial charge is 0.482 e. The molecule has 0 atom stereocenters. The second-order valence-electron chi connectivity index (χ2n) is 6.24. The number of halogens is 4. The Morgan fingerprint density at radius 3 is 2.19 bits per heavy atom. The Morgan fingerprint density at radius 1 is 0.875 bits per heavy atom. The van der Waals surface area contributed by atoms with Gasteiger partial charge < -0.3 is 9.47 Å². The molecule has 0 aliphatic carbocycles. The lowest BCUT2D eigenvalue weighted by atomic mass is 10.2. The highest BCUT2D eigenvalue weighted by Crippen LogP contribution is 2.27. The van der Waals surface area contributed by atoms with Crippen molar-refractivity contribution in [3.8, 4) is 11.5 Å². The van der Waals surface area contributed by atoms with E-state index in [1.807, 2.05) is 0 Å². The van der Waals surface area contributed by atoms with Gasteiger partial charge in [0.25, 0.3) is 5.91 Å². The van der Waals surface area contributed by atoms with E-state index >= 15 is 0 Å². The third-order valence-electron chi connectivity index (χ3n) is 3.90. The van der Waals surface area contributed by atoms with Crippen LogP contribution in [0.5, 0.6) is 11.5 Å². The molecule has 164 valence electrons. The van der Waals surface area contributed by atoms with Crippen LogP contribution in [-0.4, -0.2) is 24.7 Å². The van der Waals surface area contributed by atoms with E-state index in [-0.39, 0.29) is 17.2 Å². The van der Waals surface area contributed by atoms with Gasteiger partial charge in [-0.2, -0.15) is 5.10 Å². The van der Waals surface area contributed by atoms with Crippen LogP contribution in [0.15, 0.2) is 65.8 Å². The smallest absolute Gasteiger partial charge is 0.345 e. The number of carbonyl (C=O) groups is 2. The van der Waals surface area contributed by atoms with Crippen molar-refractivity contribution in [1.82, 2.24) is 5.43 Å². The fourth-order valence-electron chi connectivity index (χ4n) is 2.39. The van der Waals surface area contributed by atoms with E-state index in [2.05, 4.69) is 10.5 Å². The summed E-state index contributed by atoms with van der Waals surface area (Å²) in [6.07, 6.45) is 1.43. The summed E-state index contributed by atoms with van der Waals surface area (Å²) in [5.74, 6) is -0.436. The van der Waals surface area contributed by atoms with Crippen molar-refractivity contribution < 1.29 is 19.1 Å². The number of nitrogens with zero attached hydrogens (tertiary/aromatic N) is 1. The van der Waals surface area contributed by atoms with Gasteiger partial charge in [0.05, 0.1) is 21.8 Å². The van der Waals surface area contributed by atoms with Gasteiger partial charge in [-0.15, -0.1) is 0 Å². The molecule has 10 heteroatoms. The topological polar surface area (TPSA) is 77.0 Å². The Bertz CT molecular complexity index is 1170. The SMILES string of the molecule is O=C(COc1ccc(Cl)cc1Cl)N/N=C\c1ccc(OC(=O)c2ccc(Cl)cc2Cl)cc1. The summed E-state index contributed by atoms with van der Waals surface area (Å²) >= 11 is 23.6. The minimum Gasteiger partial charge on any atom is -0.482 e. The van der Waals surface area contributed by atoms with Gasteiger partial charge in [0.15, 0.2) is 6.61 Å². The van der Waals surface area contributed by atoms with Gasteiger partial charge in [0.2, 0.25) is 0 Å². The number of nitrogens with one attached hydrogen (secondary N) is 1. The molecule has 3 rings (SSSR count). The first-order valence-corrected chi connectivity index (χ1v) is 10.5. The molecule has 0 aromatic heterocycles. The summed E-state index contributed by atoms with van der Waals surface area (Å²) in [6, 6.07) is 15.7. The Labute approximate surface area is 203 Å². The van der Waals surface area contributed by atoms with E-state index < -0.39 is 11.9 Å². The van der Waals surface area contributed by atoms with Gasteiger partial charge in [-0.25, -0.2) is 10.2 Å². The molecule has 6 nitrogen and oxygen atoms in total. The Hall–Kier alpha value is -2.77. The van der Waals surface area contributed by atoms with Crippen molar-refractivity contribution >= 4 is 64.5 Å². The summed E-state index contributed by atoms with van der Waals surface area (Å²) < 4.78 is 10.6. The van der Waals surface area contributed by atoms with Crippen LogP contribution in [0.2, 0.25) is 20.1 Å². The number of amides is 1. The Kier molecular flexibility index (Phi) is 8.36. The van der Waals surface area contributed by atoms with Gasteiger partial charge in [-0.05, 0) is 66.2 Å². The van der Waals surface area contributed by atoms with Crippen LogP contribution >= 0.6 is 46.4 Å². The molecule has 0 aliphatic rings. The number of ether oxygens (including phenoxy) is 2. The molecule has 0 spiro atoms. The predicted molar refractivity (Wildman–Crippen MR) is 126 cm³/mol. The van der Waals surface area contributed by atoms with Gasteiger partial charge in [0.1, 0.15) is 11.5 Å². The summed E-state index contributed by atoms with van der Waals surface area (Å²) in [5, 5.41) is 5.23. The first-order valence-electron chi connectivity index (χ1n) is 8.99. The third-order valence-corrected chi connectivity index (χ3v) is 4.98. The van der Waals surface area contributed by atoms with E-state index in [0.717, 1.165) is 0 Å². The average Bonchev–Trinajstić information content (AvgIpc) is 2.74. The molecule has 3 aromatic rings. The van der Waals surface area contributed by atoms with Crippen molar-refractivity contribution in [1.29, 1.82) is 0 Å². The fourth-order valence-corrected chi connectivity index (χ4v) is 3.33. The van der Waals surface area contributed by atoms with E-state index in [1.165, 1.54) is 24.4 Å². The molecule has 0 fully saturated rings. The number of hydrazone groups is 1. The van der Waals surface area contributed by atoms with Crippen molar-refractivity contribution in [2.45, 2.75) is 0 Å². The number of benzene rings is 3. The third kappa shape index (κ3) is 6.87. The monoisotopic (exact) mass is 510 g/mol. The molecule has 1 amide bonds. The first-order chi connectivity index (χ1) is 15.3. The normalized spacial score (nSPS) is 10.8. The molecule has 0 unspecified atom stereocenters. The van der Waals surface area contributed by atoms with Crippen LogP contribution in [0.25, 0.3) is 0 Å². The minimum atomic E-state index is -0.610. The highest BCUT2D eigenvalue weighted by molar-refractivity contribution is 6.36. The lowest BCUT2D eigenvalue weighted by molar-refractivity contribution is -0.123. The van der Waals surface area contributed by atoms with Crippen molar-refractivity contribution in [2.75, 3.05) is 6.61 Å². The molecular weight excluding hydrogens is 498 g/mol. The van der Waals surface area contributed by atoms with Crippen LogP contribution in [0, 0.1) is 0 Å². The van der Waals surface area contributed by atoms with E-state index in [9.17, 15) is 9.59 Å². The number of rotatable bonds is 7. The fraction of sp³-hybridized carbons (Fsp3) is 0.0455. The molecule has 3 aromatic carbocycles. The lowest BCUT2D eigenvalue weighted by Gasteiger charge is -2.07. The predicted octanol–water partition coefficient (Wildman–Crippen LogP) is 6.05. The summed E-state index contributed by atoms with van der Waals surface area (Å²) in [4.78, 5) is 24.1. The maximum absolute atomic E-state index is 12.2. The van der Waals surface area contributed by atoms with E-state index in [4.69, 9.17) is 55.9 Å². The lowest BCUT2D eigenvalue weighted by Crippen LogP contribution is -2.24. The summed E-state index contributed by atoms with van der Waals surface area (Å²) in [7, 11) is 0.